The molecule has 0 rings (SSSR count). The first-order valence-electron chi connectivity index (χ1n) is 16.5. The van der Waals surface area contributed by atoms with Crippen LogP contribution in [0.1, 0.15) is 181 Å². The quantitative estimate of drug-likeness (QED) is 0.0721. The van der Waals surface area contributed by atoms with Crippen LogP contribution < -0.4 is 0 Å². The van der Waals surface area contributed by atoms with Crippen LogP contribution in [0.3, 0.4) is 0 Å². The summed E-state index contributed by atoms with van der Waals surface area (Å²) < 4.78 is 10.9. The number of hydrogen-bond donors (Lipinski definition) is 0. The van der Waals surface area contributed by atoms with E-state index in [-0.39, 0.29) is 17.9 Å². The molecule has 0 heterocycles. The van der Waals surface area contributed by atoms with Crippen LogP contribution in [-0.4, -0.2) is 25.2 Å². The summed E-state index contributed by atoms with van der Waals surface area (Å²) in [5.41, 5.74) is 0. The molecule has 0 amide bonds. The van der Waals surface area contributed by atoms with Crippen molar-refractivity contribution in [3.63, 3.8) is 0 Å². The van der Waals surface area contributed by atoms with Gasteiger partial charge >= 0.3 is 11.9 Å². The Kier molecular flexibility index (Phi) is 28.7. The lowest BCUT2D eigenvalue weighted by Gasteiger charge is -2.14. The number of ether oxygens (including phenoxy) is 2. The summed E-state index contributed by atoms with van der Waals surface area (Å²) >= 11 is 0. The molecule has 0 radical (unpaired) electrons. The van der Waals surface area contributed by atoms with Gasteiger partial charge in [-0.05, 0) is 32.1 Å². The summed E-state index contributed by atoms with van der Waals surface area (Å²) in [6.45, 7) is 7.78. The predicted molar refractivity (Wildman–Crippen MR) is 158 cm³/mol. The molecule has 0 bridgehead atoms. The van der Waals surface area contributed by atoms with E-state index in [0.29, 0.717) is 19.6 Å². The van der Waals surface area contributed by atoms with Crippen LogP contribution in [0.4, 0.5) is 0 Å². The molecule has 0 aliphatic carbocycles. The maximum absolute atomic E-state index is 12.3. The minimum Gasteiger partial charge on any atom is -0.466 e. The third-order valence-electron chi connectivity index (χ3n) is 7.51. The monoisotopic (exact) mass is 524 g/mol. The third-order valence-corrected chi connectivity index (χ3v) is 7.51. The van der Waals surface area contributed by atoms with Crippen LogP contribution in [0.15, 0.2) is 0 Å². The smallest absolute Gasteiger partial charge is 0.308 e. The fraction of sp³-hybridized carbons (Fsp3) is 0.939. The molecule has 0 fully saturated rings. The molecule has 220 valence electrons. The van der Waals surface area contributed by atoms with Crippen LogP contribution in [-0.2, 0) is 19.1 Å². The Morgan fingerprint density at radius 2 is 0.892 bits per heavy atom. The summed E-state index contributed by atoms with van der Waals surface area (Å²) in [5, 5.41) is 0. The van der Waals surface area contributed by atoms with E-state index < -0.39 is 0 Å². The summed E-state index contributed by atoms with van der Waals surface area (Å²) in [5.74, 6) is 0.111. The molecular formula is C33H64O4. The average molecular weight is 525 g/mol. The van der Waals surface area contributed by atoms with E-state index >= 15 is 0 Å². The number of hydrogen-bond acceptors (Lipinski definition) is 4. The molecule has 37 heavy (non-hydrogen) atoms. The second-order valence-corrected chi connectivity index (χ2v) is 11.1. The Balaban J connectivity index is 3.43. The lowest BCUT2D eigenvalue weighted by Crippen LogP contribution is -2.17. The molecular weight excluding hydrogens is 460 g/mol. The van der Waals surface area contributed by atoms with Crippen molar-refractivity contribution in [1.29, 1.82) is 0 Å². The zero-order valence-electron chi connectivity index (χ0n) is 25.3. The van der Waals surface area contributed by atoms with Gasteiger partial charge in [0.05, 0.1) is 19.1 Å². The molecule has 4 heteroatoms. The first-order valence-corrected chi connectivity index (χ1v) is 16.5. The SMILES string of the molecule is CCCCCCCCOC(=O)CCCCCCCCCCCCC(CC)C(=O)OCCCCCCCC. The van der Waals surface area contributed by atoms with Gasteiger partial charge in [0.25, 0.3) is 0 Å². The Hall–Kier alpha value is -1.06. The van der Waals surface area contributed by atoms with Gasteiger partial charge in [0.15, 0.2) is 0 Å². The zero-order valence-corrected chi connectivity index (χ0v) is 25.3. The van der Waals surface area contributed by atoms with Crippen molar-refractivity contribution in [2.24, 2.45) is 5.92 Å². The van der Waals surface area contributed by atoms with Crippen molar-refractivity contribution >= 4 is 11.9 Å². The molecule has 0 saturated carbocycles. The number of unbranched alkanes of at least 4 members (excludes halogenated alkanes) is 19. The first-order chi connectivity index (χ1) is 18.2. The van der Waals surface area contributed by atoms with Crippen molar-refractivity contribution in [2.75, 3.05) is 13.2 Å². The van der Waals surface area contributed by atoms with Gasteiger partial charge in [-0.3, -0.25) is 9.59 Å². The van der Waals surface area contributed by atoms with Crippen LogP contribution in [0.25, 0.3) is 0 Å². The van der Waals surface area contributed by atoms with Crippen molar-refractivity contribution in [1.82, 2.24) is 0 Å². The number of carbonyl (C=O) groups is 2. The van der Waals surface area contributed by atoms with Gasteiger partial charge in [-0.2, -0.15) is 0 Å². The van der Waals surface area contributed by atoms with E-state index in [1.807, 2.05) is 0 Å². The molecule has 1 atom stereocenters. The van der Waals surface area contributed by atoms with Crippen LogP contribution in [0.5, 0.6) is 0 Å². The lowest BCUT2D eigenvalue weighted by molar-refractivity contribution is -0.149. The van der Waals surface area contributed by atoms with E-state index in [1.54, 1.807) is 0 Å². The van der Waals surface area contributed by atoms with Crippen molar-refractivity contribution in [2.45, 2.75) is 181 Å². The zero-order chi connectivity index (χ0) is 27.2. The van der Waals surface area contributed by atoms with E-state index in [9.17, 15) is 9.59 Å². The number of esters is 2. The standard InChI is InChI=1S/C33H64O4/c1-4-7-9-11-21-25-29-36-32(34)28-24-20-18-16-14-13-15-17-19-23-27-31(6-3)33(35)37-30-26-22-12-10-8-5-2/h31H,4-30H2,1-3H3. The highest BCUT2D eigenvalue weighted by Crippen LogP contribution is 2.18. The van der Waals surface area contributed by atoms with Crippen LogP contribution in [0, 0.1) is 5.92 Å². The maximum Gasteiger partial charge on any atom is 0.308 e. The van der Waals surface area contributed by atoms with E-state index in [0.717, 1.165) is 44.9 Å². The van der Waals surface area contributed by atoms with Gasteiger partial charge in [-0.1, -0.05) is 143 Å². The second-order valence-electron chi connectivity index (χ2n) is 11.1. The Labute approximate surface area is 231 Å². The van der Waals surface area contributed by atoms with E-state index in [1.165, 1.54) is 109 Å². The molecule has 4 nitrogen and oxygen atoms in total. The highest BCUT2D eigenvalue weighted by atomic mass is 16.5. The lowest BCUT2D eigenvalue weighted by atomic mass is 9.97. The molecule has 0 aromatic carbocycles. The fourth-order valence-corrected chi connectivity index (χ4v) is 4.88. The fourth-order valence-electron chi connectivity index (χ4n) is 4.88. The minimum absolute atomic E-state index is 0.00932. The van der Waals surface area contributed by atoms with Gasteiger partial charge in [0.2, 0.25) is 0 Å². The molecule has 0 saturated heterocycles. The topological polar surface area (TPSA) is 52.6 Å². The summed E-state index contributed by atoms with van der Waals surface area (Å²) in [6.07, 6.45) is 29.3. The van der Waals surface area contributed by atoms with E-state index in [4.69, 9.17) is 9.47 Å². The summed E-state index contributed by atoms with van der Waals surface area (Å²) in [6, 6.07) is 0. The number of carbonyl (C=O) groups excluding carboxylic acids is 2. The molecule has 0 aliphatic heterocycles. The molecule has 0 aliphatic rings. The van der Waals surface area contributed by atoms with Gasteiger partial charge in [0, 0.05) is 6.42 Å². The largest absolute Gasteiger partial charge is 0.466 e. The van der Waals surface area contributed by atoms with Crippen molar-refractivity contribution in [3.8, 4) is 0 Å². The molecule has 0 aromatic heterocycles. The minimum atomic E-state index is -0.00932. The Morgan fingerprint density at radius 1 is 0.486 bits per heavy atom. The number of rotatable bonds is 29. The molecule has 0 N–H and O–H groups in total. The molecule has 0 aromatic rings. The van der Waals surface area contributed by atoms with Gasteiger partial charge < -0.3 is 9.47 Å². The Bertz CT molecular complexity index is 491. The van der Waals surface area contributed by atoms with Crippen molar-refractivity contribution in [3.05, 3.63) is 0 Å². The molecule has 0 spiro atoms. The highest BCUT2D eigenvalue weighted by Gasteiger charge is 2.17. The van der Waals surface area contributed by atoms with Gasteiger partial charge in [0.1, 0.15) is 0 Å². The molecule has 1 unspecified atom stereocenters. The van der Waals surface area contributed by atoms with E-state index in [2.05, 4.69) is 20.8 Å². The van der Waals surface area contributed by atoms with Crippen LogP contribution >= 0.6 is 0 Å². The van der Waals surface area contributed by atoms with Gasteiger partial charge in [-0.25, -0.2) is 0 Å². The maximum atomic E-state index is 12.3. The highest BCUT2D eigenvalue weighted by molar-refractivity contribution is 5.72. The predicted octanol–water partition coefficient (Wildman–Crippen LogP) is 10.5. The Morgan fingerprint density at radius 3 is 1.38 bits per heavy atom. The van der Waals surface area contributed by atoms with Gasteiger partial charge in [-0.15, -0.1) is 0 Å². The van der Waals surface area contributed by atoms with Crippen LogP contribution in [0.2, 0.25) is 0 Å². The first kappa shape index (κ1) is 35.9. The average Bonchev–Trinajstić information content (AvgIpc) is 2.90. The third kappa shape index (κ3) is 26.3. The van der Waals surface area contributed by atoms with Crippen molar-refractivity contribution < 1.29 is 19.1 Å². The second kappa shape index (κ2) is 29.5. The summed E-state index contributed by atoms with van der Waals surface area (Å²) in [7, 11) is 0. The normalized spacial score (nSPS) is 12.0. The summed E-state index contributed by atoms with van der Waals surface area (Å²) in [4.78, 5) is 24.1.